The zero-order valence-electron chi connectivity index (χ0n) is 10.6. The van der Waals surface area contributed by atoms with Crippen molar-refractivity contribution in [3.63, 3.8) is 0 Å². The molecule has 0 spiro atoms. The summed E-state index contributed by atoms with van der Waals surface area (Å²) in [5.74, 6) is -0.644. The lowest BCUT2D eigenvalue weighted by Crippen LogP contribution is -2.13. The van der Waals surface area contributed by atoms with Gasteiger partial charge in [-0.1, -0.05) is 17.7 Å². The van der Waals surface area contributed by atoms with Crippen LogP contribution in [0.1, 0.15) is 21.5 Å². The van der Waals surface area contributed by atoms with Crippen molar-refractivity contribution < 1.29 is 9.18 Å². The van der Waals surface area contributed by atoms with Gasteiger partial charge in [0.05, 0.1) is 4.47 Å². The second-order valence-electron chi connectivity index (χ2n) is 4.40. The van der Waals surface area contributed by atoms with Crippen LogP contribution in [0, 0.1) is 19.7 Å². The van der Waals surface area contributed by atoms with Gasteiger partial charge in [-0.3, -0.25) is 4.79 Å². The summed E-state index contributed by atoms with van der Waals surface area (Å²) in [6, 6.07) is 10.2. The third-order valence-corrected chi connectivity index (χ3v) is 3.44. The van der Waals surface area contributed by atoms with Crippen molar-refractivity contribution in [3.05, 3.63) is 63.4 Å². The van der Waals surface area contributed by atoms with Crippen molar-refractivity contribution in [2.24, 2.45) is 0 Å². The highest BCUT2D eigenvalue weighted by Crippen LogP contribution is 2.24. The van der Waals surface area contributed by atoms with E-state index in [1.807, 2.05) is 26.0 Å². The van der Waals surface area contributed by atoms with Gasteiger partial charge in [0.25, 0.3) is 5.91 Å². The maximum atomic E-state index is 13.5. The van der Waals surface area contributed by atoms with Crippen molar-refractivity contribution in [1.82, 2.24) is 0 Å². The Bertz CT molecular complexity index is 623. The number of benzene rings is 2. The predicted molar refractivity (Wildman–Crippen MR) is 78.0 cm³/mol. The first-order valence-corrected chi connectivity index (χ1v) is 6.60. The van der Waals surface area contributed by atoms with Crippen LogP contribution in [0.15, 0.2) is 40.9 Å². The molecule has 98 valence electrons. The van der Waals surface area contributed by atoms with E-state index in [2.05, 4.69) is 21.2 Å². The summed E-state index contributed by atoms with van der Waals surface area (Å²) in [5, 5.41) is 2.71. The van der Waals surface area contributed by atoms with Gasteiger partial charge in [0.2, 0.25) is 0 Å². The monoisotopic (exact) mass is 321 g/mol. The van der Waals surface area contributed by atoms with E-state index >= 15 is 0 Å². The van der Waals surface area contributed by atoms with Gasteiger partial charge in [0.15, 0.2) is 0 Å². The molecule has 0 radical (unpaired) electrons. The van der Waals surface area contributed by atoms with Gasteiger partial charge < -0.3 is 5.32 Å². The summed E-state index contributed by atoms with van der Waals surface area (Å²) in [7, 11) is 0. The molecule has 0 aliphatic rings. The lowest BCUT2D eigenvalue weighted by molar-refractivity contribution is 0.102. The van der Waals surface area contributed by atoms with Crippen LogP contribution in [-0.2, 0) is 0 Å². The van der Waals surface area contributed by atoms with Crippen molar-refractivity contribution in [1.29, 1.82) is 0 Å². The third kappa shape index (κ3) is 3.20. The number of halogens is 2. The van der Waals surface area contributed by atoms with Crippen LogP contribution in [0.25, 0.3) is 0 Å². The quantitative estimate of drug-likeness (QED) is 0.869. The minimum Gasteiger partial charge on any atom is -0.322 e. The molecule has 0 saturated carbocycles. The number of anilines is 1. The summed E-state index contributed by atoms with van der Waals surface area (Å²) < 4.78 is 13.9. The number of amides is 1. The fraction of sp³-hybridized carbons (Fsp3) is 0.133. The number of hydrogen-bond donors (Lipinski definition) is 1. The zero-order valence-corrected chi connectivity index (χ0v) is 12.2. The Morgan fingerprint density at radius 3 is 2.42 bits per heavy atom. The molecule has 0 heterocycles. The van der Waals surface area contributed by atoms with Crippen molar-refractivity contribution in [2.45, 2.75) is 13.8 Å². The maximum absolute atomic E-state index is 13.5. The molecule has 0 aliphatic heterocycles. The molecule has 2 aromatic rings. The maximum Gasteiger partial charge on any atom is 0.255 e. The summed E-state index contributed by atoms with van der Waals surface area (Å²) >= 11 is 3.11. The zero-order chi connectivity index (χ0) is 14.0. The van der Waals surface area contributed by atoms with E-state index in [4.69, 9.17) is 0 Å². The highest BCUT2D eigenvalue weighted by atomic mass is 79.9. The SMILES string of the molecule is Cc1ccc(C(=O)Nc2cc(F)c(Br)cc2C)cc1. The third-order valence-electron chi connectivity index (χ3n) is 2.83. The average molecular weight is 322 g/mol. The van der Waals surface area contributed by atoms with Crippen LogP contribution in [-0.4, -0.2) is 5.91 Å². The average Bonchev–Trinajstić information content (AvgIpc) is 2.36. The van der Waals surface area contributed by atoms with E-state index in [-0.39, 0.29) is 5.91 Å². The normalized spacial score (nSPS) is 10.3. The second-order valence-corrected chi connectivity index (χ2v) is 5.26. The Balaban J connectivity index is 2.24. The molecule has 4 heteroatoms. The molecule has 2 aromatic carbocycles. The Labute approximate surface area is 119 Å². The van der Waals surface area contributed by atoms with Gasteiger partial charge in [-0.05, 0) is 59.6 Å². The highest BCUT2D eigenvalue weighted by molar-refractivity contribution is 9.10. The Morgan fingerprint density at radius 1 is 1.16 bits per heavy atom. The van der Waals surface area contributed by atoms with Gasteiger partial charge in [0, 0.05) is 11.3 Å². The van der Waals surface area contributed by atoms with Gasteiger partial charge in [-0.2, -0.15) is 0 Å². The first kappa shape index (κ1) is 13.7. The number of rotatable bonds is 2. The van der Waals surface area contributed by atoms with E-state index < -0.39 is 5.82 Å². The molecular formula is C15H13BrFNO. The van der Waals surface area contributed by atoms with Gasteiger partial charge in [-0.25, -0.2) is 4.39 Å². The molecule has 0 bridgehead atoms. The summed E-state index contributed by atoms with van der Waals surface area (Å²) in [6.07, 6.45) is 0. The molecule has 1 amide bonds. The minimum atomic E-state index is -0.398. The molecule has 2 nitrogen and oxygen atoms in total. The van der Waals surface area contributed by atoms with E-state index in [9.17, 15) is 9.18 Å². The summed E-state index contributed by atoms with van der Waals surface area (Å²) in [4.78, 5) is 12.0. The Kier molecular flexibility index (Phi) is 4.00. The minimum absolute atomic E-state index is 0.246. The van der Waals surface area contributed by atoms with E-state index in [1.54, 1.807) is 18.2 Å². The largest absolute Gasteiger partial charge is 0.322 e. The van der Waals surface area contributed by atoms with Crippen molar-refractivity contribution in [3.8, 4) is 0 Å². The van der Waals surface area contributed by atoms with Gasteiger partial charge in [-0.15, -0.1) is 0 Å². The number of carbonyl (C=O) groups excluding carboxylic acids is 1. The lowest BCUT2D eigenvalue weighted by atomic mass is 10.1. The molecule has 1 N–H and O–H groups in total. The molecule has 0 fully saturated rings. The lowest BCUT2D eigenvalue weighted by Gasteiger charge is -2.09. The van der Waals surface area contributed by atoms with E-state index in [0.717, 1.165) is 11.1 Å². The van der Waals surface area contributed by atoms with Crippen molar-refractivity contribution >= 4 is 27.5 Å². The van der Waals surface area contributed by atoms with Gasteiger partial charge >= 0.3 is 0 Å². The number of carbonyl (C=O) groups is 1. The van der Waals surface area contributed by atoms with Gasteiger partial charge in [0.1, 0.15) is 5.82 Å². The molecule has 0 aromatic heterocycles. The second kappa shape index (κ2) is 5.53. The summed E-state index contributed by atoms with van der Waals surface area (Å²) in [5.41, 5.74) is 2.91. The van der Waals surface area contributed by atoms with Crippen LogP contribution in [0.3, 0.4) is 0 Å². The van der Waals surface area contributed by atoms with Crippen LogP contribution < -0.4 is 5.32 Å². The molecule has 19 heavy (non-hydrogen) atoms. The molecular weight excluding hydrogens is 309 g/mol. The number of hydrogen-bond acceptors (Lipinski definition) is 1. The van der Waals surface area contributed by atoms with E-state index in [0.29, 0.717) is 15.7 Å². The standard InChI is InChI=1S/C15H13BrFNO/c1-9-3-5-11(6-4-9)15(19)18-14-8-13(17)12(16)7-10(14)2/h3-8H,1-2H3,(H,18,19). The molecule has 0 saturated heterocycles. The topological polar surface area (TPSA) is 29.1 Å². The first-order valence-electron chi connectivity index (χ1n) is 5.81. The molecule has 0 atom stereocenters. The first-order chi connectivity index (χ1) is 8.97. The molecule has 2 rings (SSSR count). The number of nitrogens with one attached hydrogen (secondary N) is 1. The summed E-state index contributed by atoms with van der Waals surface area (Å²) in [6.45, 7) is 3.77. The highest BCUT2D eigenvalue weighted by Gasteiger charge is 2.10. The molecule has 0 aliphatic carbocycles. The predicted octanol–water partition coefficient (Wildman–Crippen LogP) is 4.46. The molecule has 0 unspecified atom stereocenters. The van der Waals surface area contributed by atoms with Crippen LogP contribution in [0.4, 0.5) is 10.1 Å². The Morgan fingerprint density at radius 2 is 1.79 bits per heavy atom. The van der Waals surface area contributed by atoms with Crippen LogP contribution >= 0.6 is 15.9 Å². The van der Waals surface area contributed by atoms with Crippen LogP contribution in [0.5, 0.6) is 0 Å². The smallest absolute Gasteiger partial charge is 0.255 e. The van der Waals surface area contributed by atoms with Crippen molar-refractivity contribution in [2.75, 3.05) is 5.32 Å². The van der Waals surface area contributed by atoms with Crippen LogP contribution in [0.2, 0.25) is 0 Å². The van der Waals surface area contributed by atoms with E-state index in [1.165, 1.54) is 6.07 Å². The fourth-order valence-electron chi connectivity index (χ4n) is 1.68. The Hall–Kier alpha value is -1.68. The number of aryl methyl sites for hydroxylation is 2. The fourth-order valence-corrected chi connectivity index (χ4v) is 2.14.